The van der Waals surface area contributed by atoms with Crippen molar-refractivity contribution in [1.29, 1.82) is 0 Å². The SMILES string of the molecule is CCc1ccc(CNC(=O)c2nn(-c3ccc(F)cc3)c(CC[C@@H](O)C[C@@H](O)CC(=O)[O-])c2C(C)C)cc1. The number of carbonyl (C=O) groups is 2. The Balaban J connectivity index is 1.88. The summed E-state index contributed by atoms with van der Waals surface area (Å²) in [5.74, 6) is -2.24. The molecule has 9 heteroatoms. The zero-order valence-electron chi connectivity index (χ0n) is 22.0. The molecule has 0 aliphatic carbocycles. The molecule has 1 aromatic heterocycles. The summed E-state index contributed by atoms with van der Waals surface area (Å²) in [6, 6.07) is 13.7. The van der Waals surface area contributed by atoms with Crippen LogP contribution in [0.2, 0.25) is 0 Å². The van der Waals surface area contributed by atoms with E-state index in [1.54, 1.807) is 16.8 Å². The molecule has 0 saturated heterocycles. The van der Waals surface area contributed by atoms with Crippen molar-refractivity contribution in [3.8, 4) is 5.69 Å². The molecule has 8 nitrogen and oxygen atoms in total. The van der Waals surface area contributed by atoms with E-state index in [2.05, 4.69) is 17.3 Å². The molecule has 3 rings (SSSR count). The number of benzene rings is 2. The second-order valence-electron chi connectivity index (χ2n) is 9.76. The molecule has 1 heterocycles. The summed E-state index contributed by atoms with van der Waals surface area (Å²) in [6.07, 6.45) is -1.48. The molecular weight excluding hydrogens is 489 g/mol. The van der Waals surface area contributed by atoms with Crippen LogP contribution in [-0.4, -0.2) is 44.1 Å². The van der Waals surface area contributed by atoms with E-state index >= 15 is 0 Å². The van der Waals surface area contributed by atoms with Gasteiger partial charge in [0.2, 0.25) is 0 Å². The van der Waals surface area contributed by atoms with Crippen molar-refractivity contribution in [1.82, 2.24) is 15.1 Å². The van der Waals surface area contributed by atoms with Crippen molar-refractivity contribution >= 4 is 11.9 Å². The number of aromatic nitrogens is 2. The first-order chi connectivity index (χ1) is 18.1. The number of aliphatic hydroxyl groups excluding tert-OH is 2. The van der Waals surface area contributed by atoms with E-state index < -0.39 is 30.4 Å². The van der Waals surface area contributed by atoms with Gasteiger partial charge in [0.25, 0.3) is 5.91 Å². The molecule has 2 atom stereocenters. The molecule has 3 N–H and O–H groups in total. The van der Waals surface area contributed by atoms with Gasteiger partial charge in [-0.15, -0.1) is 0 Å². The van der Waals surface area contributed by atoms with Crippen LogP contribution >= 0.6 is 0 Å². The first kappa shape index (κ1) is 29.0. The number of halogens is 1. The van der Waals surface area contributed by atoms with Gasteiger partial charge in [0.15, 0.2) is 5.69 Å². The highest BCUT2D eigenvalue weighted by Crippen LogP contribution is 2.28. The Labute approximate surface area is 222 Å². The number of carboxylic acid groups (broad SMARTS) is 1. The zero-order valence-corrected chi connectivity index (χ0v) is 22.0. The molecule has 0 unspecified atom stereocenters. The predicted molar refractivity (Wildman–Crippen MR) is 139 cm³/mol. The summed E-state index contributed by atoms with van der Waals surface area (Å²) in [5, 5.41) is 38.6. The monoisotopic (exact) mass is 524 g/mol. The number of carboxylic acids is 1. The van der Waals surface area contributed by atoms with Crippen LogP contribution in [0.5, 0.6) is 0 Å². The molecule has 0 radical (unpaired) electrons. The van der Waals surface area contributed by atoms with Gasteiger partial charge in [-0.05, 0) is 67.0 Å². The van der Waals surface area contributed by atoms with Gasteiger partial charge in [-0.1, -0.05) is 45.0 Å². The van der Waals surface area contributed by atoms with Crippen LogP contribution in [0.1, 0.15) is 78.8 Å². The van der Waals surface area contributed by atoms with Crippen LogP contribution in [0.25, 0.3) is 5.69 Å². The van der Waals surface area contributed by atoms with Crippen molar-refractivity contribution in [2.45, 2.75) is 77.5 Å². The van der Waals surface area contributed by atoms with Crippen LogP contribution in [0.3, 0.4) is 0 Å². The number of amides is 1. The second kappa shape index (κ2) is 13.3. The number of hydrogen-bond acceptors (Lipinski definition) is 6. The summed E-state index contributed by atoms with van der Waals surface area (Å²) in [4.78, 5) is 24.0. The largest absolute Gasteiger partial charge is 0.550 e. The van der Waals surface area contributed by atoms with E-state index in [-0.39, 0.29) is 30.4 Å². The average molecular weight is 525 g/mol. The number of aliphatic carboxylic acids is 1. The molecule has 0 bridgehead atoms. The third kappa shape index (κ3) is 7.72. The molecule has 0 fully saturated rings. The fourth-order valence-corrected chi connectivity index (χ4v) is 4.45. The maximum absolute atomic E-state index is 13.6. The molecule has 2 aromatic carbocycles. The van der Waals surface area contributed by atoms with E-state index in [0.717, 1.165) is 12.0 Å². The van der Waals surface area contributed by atoms with Gasteiger partial charge in [-0.3, -0.25) is 4.79 Å². The third-order valence-electron chi connectivity index (χ3n) is 6.43. The summed E-state index contributed by atoms with van der Waals surface area (Å²) in [7, 11) is 0. The molecule has 0 saturated carbocycles. The highest BCUT2D eigenvalue weighted by Gasteiger charge is 2.26. The highest BCUT2D eigenvalue weighted by molar-refractivity contribution is 5.94. The van der Waals surface area contributed by atoms with Crippen LogP contribution in [-0.2, 0) is 24.2 Å². The Hall–Kier alpha value is -3.56. The van der Waals surface area contributed by atoms with Crippen LogP contribution in [0, 0.1) is 5.82 Å². The lowest BCUT2D eigenvalue weighted by atomic mass is 9.95. The van der Waals surface area contributed by atoms with Crippen LogP contribution < -0.4 is 10.4 Å². The average Bonchev–Trinajstić information content (AvgIpc) is 3.26. The van der Waals surface area contributed by atoms with Crippen molar-refractivity contribution in [2.24, 2.45) is 0 Å². The van der Waals surface area contributed by atoms with E-state index in [1.165, 1.54) is 17.7 Å². The number of nitrogens with one attached hydrogen (secondary N) is 1. The Kier molecular flexibility index (Phi) is 10.2. The zero-order chi connectivity index (χ0) is 27.8. The van der Waals surface area contributed by atoms with Crippen LogP contribution in [0.4, 0.5) is 4.39 Å². The molecule has 1 amide bonds. The Morgan fingerprint density at radius 2 is 1.66 bits per heavy atom. The molecule has 3 aromatic rings. The fraction of sp³-hybridized carbons (Fsp3) is 0.414. The quantitative estimate of drug-likeness (QED) is 0.316. The molecule has 0 aliphatic rings. The Bertz CT molecular complexity index is 1220. The normalized spacial score (nSPS) is 12.9. The van der Waals surface area contributed by atoms with Crippen LogP contribution in [0.15, 0.2) is 48.5 Å². The number of hydrogen-bond donors (Lipinski definition) is 3. The fourth-order valence-electron chi connectivity index (χ4n) is 4.45. The van der Waals surface area contributed by atoms with Crippen molar-refractivity contribution in [3.05, 3.63) is 82.4 Å². The Morgan fingerprint density at radius 1 is 1.03 bits per heavy atom. The summed E-state index contributed by atoms with van der Waals surface area (Å²) >= 11 is 0. The van der Waals surface area contributed by atoms with Crippen molar-refractivity contribution in [2.75, 3.05) is 0 Å². The minimum Gasteiger partial charge on any atom is -0.550 e. The number of aryl methyl sites for hydroxylation is 1. The second-order valence-corrected chi connectivity index (χ2v) is 9.76. The summed E-state index contributed by atoms with van der Waals surface area (Å²) < 4.78 is 15.2. The Morgan fingerprint density at radius 3 is 2.24 bits per heavy atom. The maximum atomic E-state index is 13.6. The first-order valence-electron chi connectivity index (χ1n) is 12.9. The highest BCUT2D eigenvalue weighted by atomic mass is 19.1. The lowest BCUT2D eigenvalue weighted by molar-refractivity contribution is -0.307. The lowest BCUT2D eigenvalue weighted by Gasteiger charge is -2.17. The van der Waals surface area contributed by atoms with Gasteiger partial charge in [0, 0.05) is 30.2 Å². The van der Waals surface area contributed by atoms with Gasteiger partial charge in [-0.2, -0.15) is 5.10 Å². The first-order valence-corrected chi connectivity index (χ1v) is 12.9. The topological polar surface area (TPSA) is 128 Å². The number of carbonyl (C=O) groups excluding carboxylic acids is 2. The predicted octanol–water partition coefficient (Wildman–Crippen LogP) is 2.81. The van der Waals surface area contributed by atoms with Crippen molar-refractivity contribution in [3.63, 3.8) is 0 Å². The summed E-state index contributed by atoms with van der Waals surface area (Å²) in [6.45, 7) is 6.29. The maximum Gasteiger partial charge on any atom is 0.272 e. The molecule has 0 spiro atoms. The number of nitrogens with zero attached hydrogens (tertiary/aromatic N) is 2. The standard InChI is InChI=1S/C29H36FN3O5/c1-4-19-5-7-20(8-6-19)17-31-29(38)28-27(18(2)3)25(14-13-23(34)15-24(35)16-26(36)37)33(32-28)22-11-9-21(30)10-12-22/h5-12,18,23-24,34-35H,4,13-17H2,1-3H3,(H,31,38)(H,36,37)/p-1/t23-,24-/m1/s1. The van der Waals surface area contributed by atoms with E-state index in [4.69, 9.17) is 0 Å². The molecule has 0 aliphatic heterocycles. The van der Waals surface area contributed by atoms with Gasteiger partial charge < -0.3 is 25.4 Å². The lowest BCUT2D eigenvalue weighted by Crippen LogP contribution is -2.29. The third-order valence-corrected chi connectivity index (χ3v) is 6.43. The van der Waals surface area contributed by atoms with Gasteiger partial charge >= 0.3 is 0 Å². The van der Waals surface area contributed by atoms with Gasteiger partial charge in [0.1, 0.15) is 5.82 Å². The molecule has 204 valence electrons. The molecular formula is C29H35FN3O5-. The van der Waals surface area contributed by atoms with E-state index in [9.17, 15) is 29.3 Å². The minimum absolute atomic E-state index is 0.0930. The number of aliphatic hydroxyl groups is 2. The van der Waals surface area contributed by atoms with E-state index in [0.29, 0.717) is 29.9 Å². The minimum atomic E-state index is -1.39. The van der Waals surface area contributed by atoms with Gasteiger partial charge in [0.05, 0.1) is 17.9 Å². The van der Waals surface area contributed by atoms with Gasteiger partial charge in [-0.25, -0.2) is 9.07 Å². The smallest absolute Gasteiger partial charge is 0.272 e. The van der Waals surface area contributed by atoms with E-state index in [1.807, 2.05) is 38.1 Å². The van der Waals surface area contributed by atoms with Crippen molar-refractivity contribution < 1.29 is 29.3 Å². The summed E-state index contributed by atoms with van der Waals surface area (Å²) in [5.41, 5.74) is 4.35. The number of rotatable bonds is 13. The molecule has 38 heavy (non-hydrogen) atoms.